The number of carbonyl (C=O) groups is 2. The lowest BCUT2D eigenvalue weighted by atomic mass is 10.1. The molecule has 1 aromatic carbocycles. The van der Waals surface area contributed by atoms with E-state index in [4.69, 9.17) is 22.1 Å². The number of ether oxygens (including phenoxy) is 1. The van der Waals surface area contributed by atoms with Gasteiger partial charge in [0, 0.05) is 12.7 Å². The first-order valence-electron chi connectivity index (χ1n) is 10.8. The summed E-state index contributed by atoms with van der Waals surface area (Å²) in [6.07, 6.45) is 6.00. The van der Waals surface area contributed by atoms with Gasteiger partial charge in [0.2, 0.25) is 5.91 Å². The lowest BCUT2D eigenvalue weighted by Crippen LogP contribution is -2.34. The number of esters is 1. The molecule has 0 aliphatic heterocycles. The largest absolute Gasteiger partial charge is 0.461 e. The molecule has 0 saturated heterocycles. The van der Waals surface area contributed by atoms with Gasteiger partial charge in [0.15, 0.2) is 15.0 Å². The number of hydrogen-bond acceptors (Lipinski definition) is 8. The highest BCUT2D eigenvalue weighted by atomic mass is 35.5. The molecule has 1 aromatic heterocycles. The maximum atomic E-state index is 12.3. The molecule has 1 aliphatic rings. The average molecular weight is 514 g/mol. The number of amides is 1. The van der Waals surface area contributed by atoms with Crippen LogP contribution in [0.4, 0.5) is 5.13 Å². The van der Waals surface area contributed by atoms with Crippen molar-refractivity contribution in [1.82, 2.24) is 4.98 Å². The highest BCUT2D eigenvalue weighted by molar-refractivity contribution is 7.90. The second kappa shape index (κ2) is 10.9. The number of anilines is 1. The third kappa shape index (κ3) is 6.99. The summed E-state index contributed by atoms with van der Waals surface area (Å²) >= 11 is 7.28. The van der Waals surface area contributed by atoms with Crippen LogP contribution in [0.5, 0.6) is 0 Å². The summed E-state index contributed by atoms with van der Waals surface area (Å²) in [5.74, 6) is -0.640. The summed E-state index contributed by atoms with van der Waals surface area (Å²) in [6, 6.07) is 4.03. The molecule has 2 aromatic rings. The minimum atomic E-state index is -3.48. The van der Waals surface area contributed by atoms with Gasteiger partial charge in [-0.3, -0.25) is 9.59 Å². The summed E-state index contributed by atoms with van der Waals surface area (Å²) in [5, 5.41) is 3.32. The summed E-state index contributed by atoms with van der Waals surface area (Å²) in [5.41, 5.74) is 7.22. The van der Waals surface area contributed by atoms with Crippen molar-refractivity contribution in [3.8, 4) is 10.4 Å². The molecule has 33 heavy (non-hydrogen) atoms. The quantitative estimate of drug-likeness (QED) is 0.483. The number of nitrogens with zero attached hydrogens (tertiary/aromatic N) is 1. The standard InChI is InChI=1S/C22H28ClN3O5S2/c1-13-20(14-10-11-16(23)18(12-14)33(2,29)30)32-22(25-13)26-19(27)9-5-8-17(24)21(28)31-15-6-3-4-7-15/h10-12,15,17H,3-9,24H2,1-2H3,(H,25,26,27)/t17-/m0/s1. The van der Waals surface area contributed by atoms with Crippen molar-refractivity contribution in [2.24, 2.45) is 5.73 Å². The Morgan fingerprint density at radius 2 is 2.03 bits per heavy atom. The lowest BCUT2D eigenvalue weighted by Gasteiger charge is -2.15. The fourth-order valence-electron chi connectivity index (χ4n) is 3.69. The molecule has 0 unspecified atom stereocenters. The smallest absolute Gasteiger partial charge is 0.323 e. The normalized spacial score (nSPS) is 15.4. The zero-order valence-corrected chi connectivity index (χ0v) is 21.0. The molecule has 1 saturated carbocycles. The van der Waals surface area contributed by atoms with Gasteiger partial charge in [0.05, 0.1) is 20.5 Å². The van der Waals surface area contributed by atoms with Crippen LogP contribution < -0.4 is 11.1 Å². The number of aryl methyl sites for hydroxylation is 1. The summed E-state index contributed by atoms with van der Waals surface area (Å²) in [6.45, 7) is 1.78. The van der Waals surface area contributed by atoms with Gasteiger partial charge >= 0.3 is 5.97 Å². The molecule has 0 bridgehead atoms. The maximum absolute atomic E-state index is 12.3. The number of halogens is 1. The van der Waals surface area contributed by atoms with Crippen LogP contribution in [0, 0.1) is 6.92 Å². The number of carbonyl (C=O) groups excluding carboxylic acids is 2. The van der Waals surface area contributed by atoms with Gasteiger partial charge in [-0.05, 0) is 63.1 Å². The van der Waals surface area contributed by atoms with Gasteiger partial charge in [-0.25, -0.2) is 13.4 Å². The fourth-order valence-corrected chi connectivity index (χ4v) is 5.97. The predicted molar refractivity (Wildman–Crippen MR) is 129 cm³/mol. The van der Waals surface area contributed by atoms with E-state index in [1.165, 1.54) is 23.5 Å². The van der Waals surface area contributed by atoms with Crippen molar-refractivity contribution >= 4 is 49.8 Å². The van der Waals surface area contributed by atoms with Crippen LogP contribution in [0.1, 0.15) is 50.6 Å². The van der Waals surface area contributed by atoms with E-state index in [0.717, 1.165) is 36.8 Å². The number of nitrogens with one attached hydrogen (secondary N) is 1. The Morgan fingerprint density at radius 3 is 2.70 bits per heavy atom. The van der Waals surface area contributed by atoms with Crippen LogP contribution >= 0.6 is 22.9 Å². The molecule has 1 fully saturated rings. The number of rotatable bonds is 9. The molecule has 1 aliphatic carbocycles. The van der Waals surface area contributed by atoms with Crippen LogP contribution in [0.2, 0.25) is 5.02 Å². The summed E-state index contributed by atoms with van der Waals surface area (Å²) < 4.78 is 29.3. The molecule has 3 rings (SSSR count). The third-order valence-electron chi connectivity index (χ3n) is 5.44. The van der Waals surface area contributed by atoms with Gasteiger partial charge in [-0.1, -0.05) is 29.0 Å². The van der Waals surface area contributed by atoms with Crippen molar-refractivity contribution in [2.45, 2.75) is 68.9 Å². The fraction of sp³-hybridized carbons (Fsp3) is 0.500. The SMILES string of the molecule is Cc1nc(NC(=O)CCC[C@H](N)C(=O)OC2CCCC2)sc1-c1ccc(Cl)c(S(C)(=O)=O)c1. The second-order valence-corrected chi connectivity index (χ2v) is 11.6. The Morgan fingerprint density at radius 1 is 1.33 bits per heavy atom. The van der Waals surface area contributed by atoms with E-state index in [2.05, 4.69) is 10.3 Å². The highest BCUT2D eigenvalue weighted by Gasteiger charge is 2.23. The van der Waals surface area contributed by atoms with E-state index >= 15 is 0 Å². The Balaban J connectivity index is 1.54. The van der Waals surface area contributed by atoms with Gasteiger partial charge in [0.25, 0.3) is 0 Å². The van der Waals surface area contributed by atoms with E-state index in [1.54, 1.807) is 13.0 Å². The first-order valence-corrected chi connectivity index (χ1v) is 13.9. The van der Waals surface area contributed by atoms with Crippen LogP contribution in [0.15, 0.2) is 23.1 Å². The molecular weight excluding hydrogens is 486 g/mol. The number of thiazole rings is 1. The van der Waals surface area contributed by atoms with E-state index in [1.807, 2.05) is 0 Å². The van der Waals surface area contributed by atoms with Crippen LogP contribution in [0.25, 0.3) is 10.4 Å². The zero-order valence-electron chi connectivity index (χ0n) is 18.6. The van der Waals surface area contributed by atoms with Crippen LogP contribution in [0.3, 0.4) is 0 Å². The molecule has 1 amide bonds. The first kappa shape index (κ1) is 25.6. The van der Waals surface area contributed by atoms with Crippen LogP contribution in [-0.4, -0.2) is 43.7 Å². The number of sulfone groups is 1. The number of aromatic nitrogens is 1. The molecule has 1 heterocycles. The lowest BCUT2D eigenvalue weighted by molar-refractivity contribution is -0.150. The molecule has 0 spiro atoms. The van der Waals surface area contributed by atoms with Gasteiger partial charge in [-0.2, -0.15) is 0 Å². The maximum Gasteiger partial charge on any atom is 0.323 e. The Hall–Kier alpha value is -2.01. The zero-order chi connectivity index (χ0) is 24.2. The van der Waals surface area contributed by atoms with E-state index in [9.17, 15) is 18.0 Å². The second-order valence-electron chi connectivity index (χ2n) is 8.24. The summed E-state index contributed by atoms with van der Waals surface area (Å²) in [4.78, 5) is 29.5. The van der Waals surface area contributed by atoms with Crippen molar-refractivity contribution in [1.29, 1.82) is 0 Å². The molecule has 8 nitrogen and oxygen atoms in total. The predicted octanol–water partition coefficient (Wildman–Crippen LogP) is 4.10. The topological polar surface area (TPSA) is 128 Å². The molecule has 11 heteroatoms. The molecule has 180 valence electrons. The Bertz CT molecular complexity index is 1130. The van der Waals surface area contributed by atoms with Gasteiger partial charge < -0.3 is 15.8 Å². The molecule has 1 atom stereocenters. The molecular formula is C22H28ClN3O5S2. The van der Waals surface area contributed by atoms with Gasteiger partial charge in [0.1, 0.15) is 12.1 Å². The number of benzene rings is 1. The number of hydrogen-bond donors (Lipinski definition) is 2. The Labute approximate surface area is 202 Å². The third-order valence-corrected chi connectivity index (χ3v) is 8.14. The minimum Gasteiger partial charge on any atom is -0.461 e. The highest BCUT2D eigenvalue weighted by Crippen LogP contribution is 2.35. The number of nitrogens with two attached hydrogens (primary N) is 1. The Kier molecular flexibility index (Phi) is 8.49. The van der Waals surface area contributed by atoms with E-state index in [-0.39, 0.29) is 28.4 Å². The molecule has 0 radical (unpaired) electrons. The van der Waals surface area contributed by atoms with Crippen molar-refractivity contribution in [2.75, 3.05) is 11.6 Å². The van der Waals surface area contributed by atoms with Crippen LogP contribution in [-0.2, 0) is 24.2 Å². The summed E-state index contributed by atoms with van der Waals surface area (Å²) in [7, 11) is -3.48. The van der Waals surface area contributed by atoms with Crippen molar-refractivity contribution < 1.29 is 22.7 Å². The van der Waals surface area contributed by atoms with Crippen molar-refractivity contribution in [3.63, 3.8) is 0 Å². The first-order chi connectivity index (χ1) is 15.5. The van der Waals surface area contributed by atoms with E-state index < -0.39 is 21.8 Å². The molecule has 3 N–H and O–H groups in total. The monoisotopic (exact) mass is 513 g/mol. The minimum absolute atomic E-state index is 0.0247. The van der Waals surface area contributed by atoms with E-state index in [0.29, 0.717) is 29.2 Å². The van der Waals surface area contributed by atoms with Crippen molar-refractivity contribution in [3.05, 3.63) is 28.9 Å². The average Bonchev–Trinajstić information content (AvgIpc) is 3.36. The van der Waals surface area contributed by atoms with Gasteiger partial charge in [-0.15, -0.1) is 0 Å².